The molecule has 10 heteroatoms. The van der Waals surface area contributed by atoms with Crippen molar-refractivity contribution in [3.63, 3.8) is 0 Å². The molecule has 1 fully saturated rings. The molecule has 0 spiro atoms. The number of hydrogen-bond donors (Lipinski definition) is 2. The molecule has 3 aromatic rings. The highest BCUT2D eigenvalue weighted by atomic mass is 32.2. The van der Waals surface area contributed by atoms with Gasteiger partial charge in [0.15, 0.2) is 0 Å². The van der Waals surface area contributed by atoms with Gasteiger partial charge >= 0.3 is 16.1 Å². The Kier molecular flexibility index (Phi) is 7.68. The van der Waals surface area contributed by atoms with Crippen LogP contribution in [0.3, 0.4) is 0 Å². The molecule has 1 saturated heterocycles. The highest BCUT2D eigenvalue weighted by molar-refractivity contribution is 7.86. The Morgan fingerprint density at radius 2 is 1.65 bits per heavy atom. The Morgan fingerprint density at radius 3 is 2.30 bits per heavy atom. The number of nitrogens with zero attached hydrogens (tertiary/aromatic N) is 1. The summed E-state index contributed by atoms with van der Waals surface area (Å²) in [4.78, 5) is 28.3. The summed E-state index contributed by atoms with van der Waals surface area (Å²) >= 11 is 0. The Labute approximate surface area is 215 Å². The SMILES string of the molecule is COc1cc(C(=O)OS(C)(=O)=O)c(NC(=O)c2cc(N3CCCCC3)ccc2O)cc1-c1ccccc1. The Bertz CT molecular complexity index is 1420. The molecule has 0 aromatic heterocycles. The van der Waals surface area contributed by atoms with E-state index in [9.17, 15) is 23.1 Å². The molecule has 2 N–H and O–H groups in total. The summed E-state index contributed by atoms with van der Waals surface area (Å²) < 4.78 is 33.3. The summed E-state index contributed by atoms with van der Waals surface area (Å²) in [6.45, 7) is 1.71. The minimum absolute atomic E-state index is 0.000999. The van der Waals surface area contributed by atoms with Crippen molar-refractivity contribution < 1.29 is 32.0 Å². The lowest BCUT2D eigenvalue weighted by Crippen LogP contribution is -2.29. The number of phenolic OH excluding ortho intramolecular Hbond substituents is 1. The topological polar surface area (TPSA) is 122 Å². The first kappa shape index (κ1) is 26.0. The molecule has 1 heterocycles. The molecular weight excluding hydrogens is 496 g/mol. The number of benzene rings is 3. The largest absolute Gasteiger partial charge is 0.507 e. The highest BCUT2D eigenvalue weighted by Crippen LogP contribution is 2.36. The van der Waals surface area contributed by atoms with Crippen molar-refractivity contribution in [2.24, 2.45) is 0 Å². The molecular formula is C27H28N2O7S. The predicted octanol–water partition coefficient (Wildman–Crippen LogP) is 4.43. The summed E-state index contributed by atoms with van der Waals surface area (Å²) in [7, 11) is -2.71. The van der Waals surface area contributed by atoms with E-state index >= 15 is 0 Å². The van der Waals surface area contributed by atoms with Gasteiger partial charge in [-0.2, -0.15) is 8.42 Å². The van der Waals surface area contributed by atoms with Gasteiger partial charge in [0.05, 0.1) is 30.2 Å². The van der Waals surface area contributed by atoms with Crippen molar-refractivity contribution in [2.75, 3.05) is 36.7 Å². The van der Waals surface area contributed by atoms with Crippen LogP contribution in [0.15, 0.2) is 60.7 Å². The van der Waals surface area contributed by atoms with Crippen LogP contribution in [0.25, 0.3) is 11.1 Å². The molecule has 37 heavy (non-hydrogen) atoms. The first-order valence-electron chi connectivity index (χ1n) is 11.8. The first-order valence-corrected chi connectivity index (χ1v) is 13.6. The number of ether oxygens (including phenoxy) is 1. The molecule has 9 nitrogen and oxygen atoms in total. The maximum absolute atomic E-state index is 13.3. The molecule has 1 aliphatic heterocycles. The normalized spacial score (nSPS) is 13.6. The van der Waals surface area contributed by atoms with Crippen molar-refractivity contribution in [3.05, 3.63) is 71.8 Å². The maximum atomic E-state index is 13.3. The van der Waals surface area contributed by atoms with Crippen molar-refractivity contribution >= 4 is 33.4 Å². The smallest absolute Gasteiger partial charge is 0.355 e. The standard InChI is InChI=1S/C27H28N2O7S/c1-35-25-17-21(27(32)36-37(2,33)34)23(16-20(25)18-9-5-3-6-10-18)28-26(31)22-15-19(11-12-24(22)30)29-13-7-4-8-14-29/h3,5-6,9-12,15-17,30H,4,7-8,13-14H2,1-2H3,(H,28,31). The van der Waals surface area contributed by atoms with E-state index in [2.05, 4.69) is 14.4 Å². The van der Waals surface area contributed by atoms with E-state index in [-0.39, 0.29) is 28.3 Å². The molecule has 0 atom stereocenters. The number of piperidine rings is 1. The zero-order valence-corrected chi connectivity index (χ0v) is 21.4. The number of nitrogens with one attached hydrogen (secondary N) is 1. The van der Waals surface area contributed by atoms with E-state index < -0.39 is 22.0 Å². The van der Waals surface area contributed by atoms with E-state index in [0.717, 1.165) is 49.9 Å². The van der Waals surface area contributed by atoms with Crippen LogP contribution in [0.5, 0.6) is 11.5 Å². The number of methoxy groups -OCH3 is 1. The van der Waals surface area contributed by atoms with E-state index in [1.165, 1.54) is 25.3 Å². The van der Waals surface area contributed by atoms with Gasteiger partial charge in [-0.05, 0) is 55.2 Å². The Morgan fingerprint density at radius 1 is 0.946 bits per heavy atom. The second-order valence-corrected chi connectivity index (χ2v) is 10.3. The van der Waals surface area contributed by atoms with Crippen LogP contribution in [0.2, 0.25) is 0 Å². The fourth-order valence-corrected chi connectivity index (χ4v) is 4.66. The van der Waals surface area contributed by atoms with Crippen LogP contribution in [-0.4, -0.2) is 51.9 Å². The fraction of sp³-hybridized carbons (Fsp3) is 0.259. The lowest BCUT2D eigenvalue weighted by atomic mass is 10.0. The molecule has 1 amide bonds. The van der Waals surface area contributed by atoms with Gasteiger partial charge in [-0.15, -0.1) is 0 Å². The molecule has 194 valence electrons. The first-order chi connectivity index (χ1) is 17.7. The molecule has 0 saturated carbocycles. The number of carbonyl (C=O) groups is 2. The monoisotopic (exact) mass is 524 g/mol. The summed E-state index contributed by atoms with van der Waals surface area (Å²) in [5, 5.41) is 13.1. The van der Waals surface area contributed by atoms with E-state index in [4.69, 9.17) is 4.74 Å². The summed E-state index contributed by atoms with van der Waals surface area (Å²) in [5.41, 5.74) is 1.90. The quantitative estimate of drug-likeness (QED) is 0.436. The lowest BCUT2D eigenvalue weighted by Gasteiger charge is -2.29. The zero-order chi connectivity index (χ0) is 26.6. The van der Waals surface area contributed by atoms with Crippen LogP contribution in [-0.2, 0) is 14.3 Å². The molecule has 4 rings (SSSR count). The summed E-state index contributed by atoms with van der Waals surface area (Å²) in [5.74, 6) is -1.80. The second kappa shape index (κ2) is 10.9. The predicted molar refractivity (Wildman–Crippen MR) is 141 cm³/mol. The molecule has 0 bridgehead atoms. The van der Waals surface area contributed by atoms with Gasteiger partial charge in [0, 0.05) is 24.3 Å². The minimum Gasteiger partial charge on any atom is -0.507 e. The zero-order valence-electron chi connectivity index (χ0n) is 20.6. The average Bonchev–Trinajstić information content (AvgIpc) is 2.88. The third-order valence-electron chi connectivity index (χ3n) is 6.07. The lowest BCUT2D eigenvalue weighted by molar-refractivity contribution is 0.0749. The van der Waals surface area contributed by atoms with Crippen molar-refractivity contribution in [3.8, 4) is 22.6 Å². The molecule has 0 radical (unpaired) electrons. The fourth-order valence-electron chi connectivity index (χ4n) is 4.29. The van der Waals surface area contributed by atoms with Crippen molar-refractivity contribution in [1.82, 2.24) is 0 Å². The molecule has 0 unspecified atom stereocenters. The molecule has 1 aliphatic rings. The van der Waals surface area contributed by atoms with Crippen LogP contribution in [0.1, 0.15) is 40.0 Å². The summed E-state index contributed by atoms with van der Waals surface area (Å²) in [6.07, 6.45) is 3.99. The number of amides is 1. The maximum Gasteiger partial charge on any atom is 0.355 e. The second-order valence-electron chi connectivity index (χ2n) is 8.74. The number of anilines is 2. The van der Waals surface area contributed by atoms with E-state index in [1.54, 1.807) is 12.1 Å². The van der Waals surface area contributed by atoms with Crippen LogP contribution < -0.4 is 15.0 Å². The Hall–Kier alpha value is -4.05. The number of aromatic hydroxyl groups is 1. The number of hydrogen-bond acceptors (Lipinski definition) is 8. The average molecular weight is 525 g/mol. The van der Waals surface area contributed by atoms with Gasteiger partial charge in [0.1, 0.15) is 11.5 Å². The number of phenols is 1. The van der Waals surface area contributed by atoms with Crippen molar-refractivity contribution in [1.29, 1.82) is 0 Å². The third-order valence-corrected chi connectivity index (χ3v) is 6.52. The van der Waals surface area contributed by atoms with Gasteiger partial charge < -0.3 is 24.2 Å². The third kappa shape index (κ3) is 6.21. The molecule has 0 aliphatic carbocycles. The van der Waals surface area contributed by atoms with E-state index in [0.29, 0.717) is 5.56 Å². The van der Waals surface area contributed by atoms with Gasteiger partial charge in [-0.3, -0.25) is 4.79 Å². The van der Waals surface area contributed by atoms with Crippen LogP contribution >= 0.6 is 0 Å². The number of carbonyl (C=O) groups excluding carboxylic acids is 2. The Balaban J connectivity index is 1.76. The van der Waals surface area contributed by atoms with Gasteiger partial charge in [0.2, 0.25) is 0 Å². The molecule has 3 aromatic carbocycles. The van der Waals surface area contributed by atoms with Crippen LogP contribution in [0.4, 0.5) is 11.4 Å². The summed E-state index contributed by atoms with van der Waals surface area (Å²) in [6, 6.07) is 16.8. The highest BCUT2D eigenvalue weighted by Gasteiger charge is 2.24. The minimum atomic E-state index is -4.12. The van der Waals surface area contributed by atoms with Gasteiger partial charge in [-0.25, -0.2) is 4.79 Å². The van der Waals surface area contributed by atoms with E-state index in [1.807, 2.05) is 30.3 Å². The van der Waals surface area contributed by atoms with Gasteiger partial charge in [0.25, 0.3) is 5.91 Å². The van der Waals surface area contributed by atoms with Gasteiger partial charge in [-0.1, -0.05) is 30.3 Å². The van der Waals surface area contributed by atoms with Crippen molar-refractivity contribution in [2.45, 2.75) is 19.3 Å². The van der Waals surface area contributed by atoms with Crippen LogP contribution in [0, 0.1) is 0 Å². The number of rotatable bonds is 7.